The Bertz CT molecular complexity index is 1390. The van der Waals surface area contributed by atoms with Crippen LogP contribution in [0.2, 0.25) is 0 Å². The third-order valence-corrected chi connectivity index (χ3v) is 8.13. The zero-order chi connectivity index (χ0) is 29.4. The van der Waals surface area contributed by atoms with Gasteiger partial charge in [-0.05, 0) is 73.4 Å². The molecular formula is C30H35F2N3O4S. The van der Waals surface area contributed by atoms with Crippen molar-refractivity contribution in [2.75, 3.05) is 17.4 Å². The molecule has 0 saturated heterocycles. The van der Waals surface area contributed by atoms with Gasteiger partial charge in [-0.1, -0.05) is 50.6 Å². The molecule has 0 unspecified atom stereocenters. The number of carbonyl (C=O) groups excluding carboxylic acids is 2. The highest BCUT2D eigenvalue weighted by molar-refractivity contribution is 7.92. The van der Waals surface area contributed by atoms with Crippen LogP contribution in [0, 0.1) is 24.5 Å². The van der Waals surface area contributed by atoms with Crippen LogP contribution >= 0.6 is 0 Å². The Morgan fingerprint density at radius 1 is 0.875 bits per heavy atom. The summed E-state index contributed by atoms with van der Waals surface area (Å²) in [5, 5.41) is 2.86. The fourth-order valence-corrected chi connectivity index (χ4v) is 5.52. The van der Waals surface area contributed by atoms with Gasteiger partial charge in [0.25, 0.3) is 10.0 Å². The molecule has 214 valence electrons. The fourth-order valence-electron chi connectivity index (χ4n) is 4.10. The summed E-state index contributed by atoms with van der Waals surface area (Å²) in [6.07, 6.45) is 0.270. The Morgan fingerprint density at radius 3 is 1.95 bits per heavy atom. The maximum Gasteiger partial charge on any atom is 0.264 e. The molecule has 0 saturated carbocycles. The molecule has 3 aromatic carbocycles. The first-order valence-electron chi connectivity index (χ1n) is 13.1. The molecule has 0 heterocycles. The van der Waals surface area contributed by atoms with Crippen molar-refractivity contribution in [1.29, 1.82) is 0 Å². The highest BCUT2D eigenvalue weighted by Gasteiger charge is 2.33. The molecule has 1 atom stereocenters. The number of benzene rings is 3. The van der Waals surface area contributed by atoms with Crippen LogP contribution < -0.4 is 9.62 Å². The van der Waals surface area contributed by atoms with E-state index < -0.39 is 40.2 Å². The molecule has 3 aromatic rings. The number of aryl methyl sites for hydroxylation is 1. The SMILES string of the molecule is CC[C@@H](C(=O)NCC(C)C)N(Cc1ccc(F)cc1)C(=O)CN(c1ccc(C)cc1)S(=O)(=O)c1ccc(F)cc1. The molecule has 0 fully saturated rings. The number of hydrogen-bond donors (Lipinski definition) is 1. The monoisotopic (exact) mass is 571 g/mol. The molecule has 10 heteroatoms. The number of amides is 2. The van der Waals surface area contributed by atoms with Crippen LogP contribution in [0.15, 0.2) is 77.7 Å². The van der Waals surface area contributed by atoms with Gasteiger partial charge in [-0.15, -0.1) is 0 Å². The standard InChI is InChI=1S/C30H35F2N3O4S/c1-5-28(30(37)33-18-21(2)3)34(19-23-8-10-24(31)11-9-23)29(36)20-35(26-14-6-22(4)7-15-26)40(38,39)27-16-12-25(32)13-17-27/h6-17,21,28H,5,18-20H2,1-4H3,(H,33,37)/t28-/m0/s1. The number of nitrogens with one attached hydrogen (secondary N) is 1. The summed E-state index contributed by atoms with van der Waals surface area (Å²) in [6, 6.07) is 15.6. The number of halogens is 2. The van der Waals surface area contributed by atoms with E-state index >= 15 is 0 Å². The molecule has 7 nitrogen and oxygen atoms in total. The maximum atomic E-state index is 13.9. The fraction of sp³-hybridized carbons (Fsp3) is 0.333. The average molecular weight is 572 g/mol. The summed E-state index contributed by atoms with van der Waals surface area (Å²) in [7, 11) is -4.30. The highest BCUT2D eigenvalue weighted by Crippen LogP contribution is 2.25. The molecule has 2 amide bonds. The third kappa shape index (κ3) is 7.88. The van der Waals surface area contributed by atoms with Crippen LogP contribution in [0.25, 0.3) is 0 Å². The van der Waals surface area contributed by atoms with E-state index in [1.54, 1.807) is 31.2 Å². The first kappa shape index (κ1) is 30.7. The second kappa shape index (κ2) is 13.5. The Kier molecular flexibility index (Phi) is 10.4. The van der Waals surface area contributed by atoms with Gasteiger partial charge in [0.2, 0.25) is 11.8 Å². The van der Waals surface area contributed by atoms with E-state index in [0.29, 0.717) is 12.1 Å². The molecule has 0 aliphatic carbocycles. The minimum Gasteiger partial charge on any atom is -0.354 e. The van der Waals surface area contributed by atoms with Gasteiger partial charge in [0, 0.05) is 13.1 Å². The van der Waals surface area contributed by atoms with Gasteiger partial charge in [0.15, 0.2) is 0 Å². The van der Waals surface area contributed by atoms with E-state index in [4.69, 9.17) is 0 Å². The number of anilines is 1. The lowest BCUT2D eigenvalue weighted by molar-refractivity contribution is -0.140. The van der Waals surface area contributed by atoms with Gasteiger partial charge in [-0.2, -0.15) is 0 Å². The Morgan fingerprint density at radius 2 is 1.43 bits per heavy atom. The van der Waals surface area contributed by atoms with Crippen molar-refractivity contribution < 1.29 is 26.8 Å². The smallest absolute Gasteiger partial charge is 0.264 e. The van der Waals surface area contributed by atoms with Crippen molar-refractivity contribution in [2.45, 2.75) is 51.6 Å². The number of hydrogen-bond acceptors (Lipinski definition) is 4. The van der Waals surface area contributed by atoms with E-state index in [1.807, 2.05) is 20.8 Å². The molecule has 0 radical (unpaired) electrons. The molecule has 0 aromatic heterocycles. The molecule has 0 spiro atoms. The van der Waals surface area contributed by atoms with Gasteiger partial charge in [-0.25, -0.2) is 17.2 Å². The van der Waals surface area contributed by atoms with Crippen molar-refractivity contribution in [3.63, 3.8) is 0 Å². The van der Waals surface area contributed by atoms with E-state index in [1.165, 1.54) is 29.2 Å². The van der Waals surface area contributed by atoms with Crippen molar-refractivity contribution >= 4 is 27.5 Å². The van der Waals surface area contributed by atoms with Crippen molar-refractivity contribution in [2.24, 2.45) is 5.92 Å². The largest absolute Gasteiger partial charge is 0.354 e. The topological polar surface area (TPSA) is 86.8 Å². The van der Waals surface area contributed by atoms with Crippen LogP contribution in [0.4, 0.5) is 14.5 Å². The number of sulfonamides is 1. The summed E-state index contributed by atoms with van der Waals surface area (Å²) < 4.78 is 55.6. The molecule has 1 N–H and O–H groups in total. The Labute approximate surface area is 234 Å². The van der Waals surface area contributed by atoms with Gasteiger partial charge in [0.1, 0.15) is 24.2 Å². The van der Waals surface area contributed by atoms with Gasteiger partial charge >= 0.3 is 0 Å². The van der Waals surface area contributed by atoms with Crippen LogP contribution in [0.3, 0.4) is 0 Å². The maximum absolute atomic E-state index is 13.9. The molecule has 3 rings (SSSR count). The second-order valence-electron chi connectivity index (χ2n) is 10.0. The quantitative estimate of drug-likeness (QED) is 0.330. The number of nitrogens with zero attached hydrogens (tertiary/aromatic N) is 2. The zero-order valence-electron chi connectivity index (χ0n) is 23.1. The summed E-state index contributed by atoms with van der Waals surface area (Å²) in [5.41, 5.74) is 1.70. The van der Waals surface area contributed by atoms with Crippen LogP contribution in [0.5, 0.6) is 0 Å². The lowest BCUT2D eigenvalue weighted by Gasteiger charge is -2.33. The normalized spacial score (nSPS) is 12.2. The average Bonchev–Trinajstić information content (AvgIpc) is 2.92. The molecule has 0 aliphatic heterocycles. The lowest BCUT2D eigenvalue weighted by Crippen LogP contribution is -2.52. The third-order valence-electron chi connectivity index (χ3n) is 6.34. The van der Waals surface area contributed by atoms with Crippen molar-refractivity contribution in [3.05, 3.63) is 95.6 Å². The summed E-state index contributed by atoms with van der Waals surface area (Å²) >= 11 is 0. The predicted octanol–water partition coefficient (Wildman–Crippen LogP) is 5.05. The lowest BCUT2D eigenvalue weighted by atomic mass is 10.1. The minimum absolute atomic E-state index is 0.0367. The van der Waals surface area contributed by atoms with E-state index in [9.17, 15) is 26.8 Å². The van der Waals surface area contributed by atoms with Crippen LogP contribution in [-0.4, -0.2) is 44.3 Å². The van der Waals surface area contributed by atoms with E-state index in [0.717, 1.165) is 34.1 Å². The number of carbonyl (C=O) groups is 2. The minimum atomic E-state index is -4.30. The first-order chi connectivity index (χ1) is 18.9. The first-order valence-corrected chi connectivity index (χ1v) is 14.5. The van der Waals surface area contributed by atoms with Crippen molar-refractivity contribution in [3.8, 4) is 0 Å². The highest BCUT2D eigenvalue weighted by atomic mass is 32.2. The van der Waals surface area contributed by atoms with Gasteiger partial charge < -0.3 is 10.2 Å². The second-order valence-corrected chi connectivity index (χ2v) is 11.9. The summed E-state index contributed by atoms with van der Waals surface area (Å²) in [4.78, 5) is 28.3. The summed E-state index contributed by atoms with van der Waals surface area (Å²) in [6.45, 7) is 7.26. The molecule has 40 heavy (non-hydrogen) atoms. The van der Waals surface area contributed by atoms with Gasteiger partial charge in [0.05, 0.1) is 10.6 Å². The van der Waals surface area contributed by atoms with E-state index in [2.05, 4.69) is 5.32 Å². The molecular weight excluding hydrogens is 536 g/mol. The molecule has 0 aliphatic rings. The van der Waals surface area contributed by atoms with E-state index in [-0.39, 0.29) is 35.4 Å². The Hall–Kier alpha value is -3.79. The summed E-state index contributed by atoms with van der Waals surface area (Å²) in [5.74, 6) is -1.85. The van der Waals surface area contributed by atoms with Crippen LogP contribution in [0.1, 0.15) is 38.3 Å². The zero-order valence-corrected chi connectivity index (χ0v) is 23.9. The number of rotatable bonds is 12. The van der Waals surface area contributed by atoms with Crippen LogP contribution in [-0.2, 0) is 26.2 Å². The van der Waals surface area contributed by atoms with Crippen molar-refractivity contribution in [1.82, 2.24) is 10.2 Å². The Balaban J connectivity index is 2.03. The predicted molar refractivity (Wildman–Crippen MR) is 151 cm³/mol. The molecule has 0 bridgehead atoms. The van der Waals surface area contributed by atoms with Gasteiger partial charge in [-0.3, -0.25) is 13.9 Å².